The standard InChI is InChI=1S/C8H12N2O/c1-6(9)8-4-7(5-11)2-3-10-8/h2-4,6,11H,5,9H2,1H3/t6-/m1/s1. The van der Waals surface area contributed by atoms with Crippen molar-refractivity contribution in [2.24, 2.45) is 5.73 Å². The maximum atomic E-state index is 8.78. The van der Waals surface area contributed by atoms with E-state index in [1.807, 2.05) is 13.0 Å². The predicted octanol–water partition coefficient (Wildman–Crippen LogP) is 0.594. The summed E-state index contributed by atoms with van der Waals surface area (Å²) in [5.74, 6) is 0. The Morgan fingerprint density at radius 3 is 3.00 bits per heavy atom. The van der Waals surface area contributed by atoms with Gasteiger partial charge in [-0.25, -0.2) is 0 Å². The molecule has 0 spiro atoms. The number of nitrogens with zero attached hydrogens (tertiary/aromatic N) is 1. The van der Waals surface area contributed by atoms with Gasteiger partial charge in [-0.15, -0.1) is 0 Å². The summed E-state index contributed by atoms with van der Waals surface area (Å²) in [6.45, 7) is 1.91. The molecule has 3 heteroatoms. The zero-order valence-corrected chi connectivity index (χ0v) is 6.49. The van der Waals surface area contributed by atoms with Crippen molar-refractivity contribution in [3.05, 3.63) is 29.6 Å². The van der Waals surface area contributed by atoms with E-state index in [0.717, 1.165) is 11.3 Å². The Balaban J connectivity index is 2.91. The molecule has 0 unspecified atom stereocenters. The molecule has 0 aliphatic rings. The number of hydrogen-bond donors (Lipinski definition) is 2. The number of nitrogens with two attached hydrogens (primary N) is 1. The van der Waals surface area contributed by atoms with Gasteiger partial charge in [0.15, 0.2) is 0 Å². The summed E-state index contributed by atoms with van der Waals surface area (Å²) in [5, 5.41) is 8.78. The third-order valence-electron chi connectivity index (χ3n) is 1.49. The van der Waals surface area contributed by atoms with Crippen LogP contribution in [0.1, 0.15) is 24.2 Å². The van der Waals surface area contributed by atoms with E-state index in [-0.39, 0.29) is 12.6 Å². The van der Waals surface area contributed by atoms with Crippen LogP contribution in [0.15, 0.2) is 18.3 Å². The molecule has 0 bridgehead atoms. The van der Waals surface area contributed by atoms with Crippen LogP contribution in [-0.4, -0.2) is 10.1 Å². The van der Waals surface area contributed by atoms with E-state index in [9.17, 15) is 0 Å². The molecule has 0 aromatic carbocycles. The Bertz CT molecular complexity index is 235. The highest BCUT2D eigenvalue weighted by atomic mass is 16.3. The van der Waals surface area contributed by atoms with Gasteiger partial charge in [0.2, 0.25) is 0 Å². The fourth-order valence-electron chi connectivity index (χ4n) is 0.842. The minimum absolute atomic E-state index is 0.0439. The summed E-state index contributed by atoms with van der Waals surface area (Å²) < 4.78 is 0. The van der Waals surface area contributed by atoms with Crippen molar-refractivity contribution in [3.63, 3.8) is 0 Å². The zero-order chi connectivity index (χ0) is 8.27. The average molecular weight is 152 g/mol. The Hall–Kier alpha value is -0.930. The van der Waals surface area contributed by atoms with Crippen LogP contribution in [-0.2, 0) is 6.61 Å². The monoisotopic (exact) mass is 152 g/mol. The van der Waals surface area contributed by atoms with Crippen LogP contribution in [0, 0.1) is 0 Å². The Morgan fingerprint density at radius 1 is 1.73 bits per heavy atom. The quantitative estimate of drug-likeness (QED) is 0.652. The molecule has 1 aromatic rings. The molecule has 1 rings (SSSR count). The highest BCUT2D eigenvalue weighted by Gasteiger charge is 2.00. The lowest BCUT2D eigenvalue weighted by Crippen LogP contribution is -2.07. The summed E-state index contributed by atoms with van der Waals surface area (Å²) >= 11 is 0. The highest BCUT2D eigenvalue weighted by Crippen LogP contribution is 2.07. The maximum absolute atomic E-state index is 8.78. The first-order valence-corrected chi connectivity index (χ1v) is 3.55. The summed E-state index contributed by atoms with van der Waals surface area (Å²) in [6, 6.07) is 3.51. The van der Waals surface area contributed by atoms with E-state index in [0.29, 0.717) is 0 Å². The molecule has 0 fully saturated rings. The van der Waals surface area contributed by atoms with Crippen molar-refractivity contribution in [1.29, 1.82) is 0 Å². The molecule has 1 aromatic heterocycles. The minimum Gasteiger partial charge on any atom is -0.392 e. The van der Waals surface area contributed by atoms with Gasteiger partial charge in [0.25, 0.3) is 0 Å². The average Bonchev–Trinajstić information content (AvgIpc) is 2.05. The molecular weight excluding hydrogens is 140 g/mol. The van der Waals surface area contributed by atoms with Crippen molar-refractivity contribution in [2.45, 2.75) is 19.6 Å². The number of hydrogen-bond acceptors (Lipinski definition) is 3. The van der Waals surface area contributed by atoms with Crippen molar-refractivity contribution in [1.82, 2.24) is 4.98 Å². The molecule has 3 nitrogen and oxygen atoms in total. The van der Waals surface area contributed by atoms with Crippen LogP contribution < -0.4 is 5.73 Å². The van der Waals surface area contributed by atoms with E-state index in [1.54, 1.807) is 12.3 Å². The molecule has 0 amide bonds. The zero-order valence-electron chi connectivity index (χ0n) is 6.49. The third kappa shape index (κ3) is 2.00. The van der Waals surface area contributed by atoms with Gasteiger partial charge < -0.3 is 10.8 Å². The third-order valence-corrected chi connectivity index (χ3v) is 1.49. The fraction of sp³-hybridized carbons (Fsp3) is 0.375. The van der Waals surface area contributed by atoms with E-state index in [2.05, 4.69) is 4.98 Å². The lowest BCUT2D eigenvalue weighted by Gasteiger charge is -2.04. The largest absolute Gasteiger partial charge is 0.392 e. The molecule has 0 saturated heterocycles. The second kappa shape index (κ2) is 3.46. The van der Waals surface area contributed by atoms with E-state index in [4.69, 9.17) is 10.8 Å². The summed E-state index contributed by atoms with van der Waals surface area (Å²) in [7, 11) is 0. The van der Waals surface area contributed by atoms with Gasteiger partial charge >= 0.3 is 0 Å². The lowest BCUT2D eigenvalue weighted by atomic mass is 10.2. The number of aliphatic hydroxyl groups is 1. The van der Waals surface area contributed by atoms with Gasteiger partial charge in [-0.3, -0.25) is 4.98 Å². The SMILES string of the molecule is C[C@@H](N)c1cc(CO)ccn1. The number of rotatable bonds is 2. The van der Waals surface area contributed by atoms with Crippen molar-refractivity contribution < 1.29 is 5.11 Å². The van der Waals surface area contributed by atoms with Crippen molar-refractivity contribution in [2.75, 3.05) is 0 Å². The Kier molecular flexibility index (Phi) is 2.57. The topological polar surface area (TPSA) is 59.1 Å². The van der Waals surface area contributed by atoms with Crippen LogP contribution in [0.4, 0.5) is 0 Å². The van der Waals surface area contributed by atoms with Crippen molar-refractivity contribution in [3.8, 4) is 0 Å². The predicted molar refractivity (Wildman–Crippen MR) is 42.8 cm³/mol. The minimum atomic E-state index is -0.0681. The van der Waals surface area contributed by atoms with Gasteiger partial charge in [-0.1, -0.05) is 0 Å². The highest BCUT2D eigenvalue weighted by molar-refractivity contribution is 5.17. The molecule has 3 N–H and O–H groups in total. The molecule has 0 aliphatic heterocycles. The van der Waals surface area contributed by atoms with E-state index < -0.39 is 0 Å². The van der Waals surface area contributed by atoms with Crippen LogP contribution >= 0.6 is 0 Å². The van der Waals surface area contributed by atoms with Crippen LogP contribution in [0.3, 0.4) is 0 Å². The Morgan fingerprint density at radius 2 is 2.45 bits per heavy atom. The second-order valence-electron chi connectivity index (χ2n) is 2.54. The van der Waals surface area contributed by atoms with Crippen LogP contribution in [0.25, 0.3) is 0 Å². The van der Waals surface area contributed by atoms with Gasteiger partial charge in [-0.05, 0) is 24.6 Å². The summed E-state index contributed by atoms with van der Waals surface area (Å²) in [6.07, 6.45) is 1.66. The normalized spacial score (nSPS) is 13.0. The fourth-order valence-corrected chi connectivity index (χ4v) is 0.842. The molecule has 11 heavy (non-hydrogen) atoms. The number of aromatic nitrogens is 1. The molecule has 1 heterocycles. The van der Waals surface area contributed by atoms with Crippen LogP contribution in [0.5, 0.6) is 0 Å². The van der Waals surface area contributed by atoms with Crippen LogP contribution in [0.2, 0.25) is 0 Å². The lowest BCUT2D eigenvalue weighted by molar-refractivity contribution is 0.281. The van der Waals surface area contributed by atoms with Gasteiger partial charge in [0, 0.05) is 12.2 Å². The summed E-state index contributed by atoms with van der Waals surface area (Å²) in [5.41, 5.74) is 7.26. The number of aliphatic hydroxyl groups excluding tert-OH is 1. The first-order valence-electron chi connectivity index (χ1n) is 3.55. The van der Waals surface area contributed by atoms with E-state index >= 15 is 0 Å². The molecular formula is C8H12N2O. The van der Waals surface area contributed by atoms with Gasteiger partial charge in [0.1, 0.15) is 0 Å². The molecule has 0 radical (unpaired) electrons. The van der Waals surface area contributed by atoms with Crippen molar-refractivity contribution >= 4 is 0 Å². The van der Waals surface area contributed by atoms with Gasteiger partial charge in [0.05, 0.1) is 12.3 Å². The first kappa shape index (κ1) is 8.17. The smallest absolute Gasteiger partial charge is 0.0683 e. The second-order valence-corrected chi connectivity index (χ2v) is 2.54. The molecule has 60 valence electrons. The maximum Gasteiger partial charge on any atom is 0.0683 e. The first-order chi connectivity index (χ1) is 5.24. The molecule has 1 atom stereocenters. The Labute approximate surface area is 65.9 Å². The molecule has 0 aliphatic carbocycles. The van der Waals surface area contributed by atoms with Gasteiger partial charge in [-0.2, -0.15) is 0 Å². The summed E-state index contributed by atoms with van der Waals surface area (Å²) in [4.78, 5) is 4.05. The van der Waals surface area contributed by atoms with E-state index in [1.165, 1.54) is 0 Å². The number of pyridine rings is 1. The molecule has 0 saturated carbocycles.